The number of hydrogen-bond acceptors (Lipinski definition) is 4. The number of hydrogen-bond donors (Lipinski definition) is 2. The molecule has 1 aromatic carbocycles. The zero-order chi connectivity index (χ0) is 15.8. The van der Waals surface area contributed by atoms with Gasteiger partial charge in [0.1, 0.15) is 5.78 Å². The summed E-state index contributed by atoms with van der Waals surface area (Å²) in [6.07, 6.45) is 3.36. The number of pyridine rings is 1. The highest BCUT2D eigenvalue weighted by Gasteiger charge is 2.18. The zero-order valence-corrected chi connectivity index (χ0v) is 13.0. The van der Waals surface area contributed by atoms with Crippen LogP contribution in [0, 0.1) is 0 Å². The summed E-state index contributed by atoms with van der Waals surface area (Å²) in [4.78, 5) is 15.9. The van der Waals surface area contributed by atoms with Gasteiger partial charge in [0, 0.05) is 24.7 Å². The molecule has 3 heterocycles. The van der Waals surface area contributed by atoms with Crippen molar-refractivity contribution in [1.82, 2.24) is 20.5 Å². The summed E-state index contributed by atoms with van der Waals surface area (Å²) in [7, 11) is 0. The van der Waals surface area contributed by atoms with E-state index in [0.29, 0.717) is 6.42 Å². The second-order valence-electron chi connectivity index (χ2n) is 6.07. The van der Waals surface area contributed by atoms with Crippen LogP contribution in [-0.4, -0.2) is 27.5 Å². The lowest BCUT2D eigenvalue weighted by Crippen LogP contribution is -2.23. The molecule has 0 aliphatic carbocycles. The number of aromatic nitrogens is 3. The van der Waals surface area contributed by atoms with E-state index in [4.69, 9.17) is 0 Å². The lowest BCUT2D eigenvalue weighted by molar-refractivity contribution is -0.116. The van der Waals surface area contributed by atoms with Gasteiger partial charge >= 0.3 is 0 Å². The Bertz CT molecular complexity index is 897. The standard InChI is InChI=1S/C18H18N4O/c1-11(23)7-12-3-2-4-13(8-12)17-16-15-5-6-19-9-14(15)10-20-18(16)22-21-17/h2-4,8,10,19H,5-7,9H2,1H3,(H,20,21,22). The van der Waals surface area contributed by atoms with E-state index in [1.54, 1.807) is 6.92 Å². The minimum absolute atomic E-state index is 0.168. The van der Waals surface area contributed by atoms with Crippen LogP contribution in [0.25, 0.3) is 22.3 Å². The maximum Gasteiger partial charge on any atom is 0.181 e. The number of H-pyrrole nitrogens is 1. The minimum Gasteiger partial charge on any atom is -0.312 e. The monoisotopic (exact) mass is 306 g/mol. The molecule has 1 aliphatic rings. The first-order valence-corrected chi connectivity index (χ1v) is 7.86. The molecule has 0 unspecified atom stereocenters. The summed E-state index contributed by atoms with van der Waals surface area (Å²) in [5.41, 5.74) is 6.41. The Labute approximate surface area is 134 Å². The molecular weight excluding hydrogens is 288 g/mol. The summed E-state index contributed by atoms with van der Waals surface area (Å²) < 4.78 is 0. The fourth-order valence-corrected chi connectivity index (χ4v) is 3.30. The second-order valence-corrected chi connectivity index (χ2v) is 6.07. The Kier molecular flexibility index (Phi) is 3.42. The smallest absolute Gasteiger partial charge is 0.181 e. The molecule has 2 N–H and O–H groups in total. The SMILES string of the molecule is CC(=O)Cc1cccc(-c2[nH]nc3ncc4c(c23)CCNC4)c1. The summed E-state index contributed by atoms with van der Waals surface area (Å²) in [5.74, 6) is 0.168. The van der Waals surface area contributed by atoms with E-state index in [9.17, 15) is 4.79 Å². The van der Waals surface area contributed by atoms with Gasteiger partial charge in [-0.2, -0.15) is 5.10 Å². The van der Waals surface area contributed by atoms with Gasteiger partial charge in [0.25, 0.3) is 0 Å². The molecular formula is C18H18N4O. The number of benzene rings is 1. The molecule has 0 saturated heterocycles. The quantitative estimate of drug-likeness (QED) is 0.779. The van der Waals surface area contributed by atoms with Crippen LogP contribution in [0.1, 0.15) is 23.6 Å². The van der Waals surface area contributed by atoms with Gasteiger partial charge in [-0.3, -0.25) is 9.89 Å². The first-order valence-electron chi connectivity index (χ1n) is 7.86. The third-order valence-electron chi connectivity index (χ3n) is 4.32. The van der Waals surface area contributed by atoms with Crippen molar-refractivity contribution in [1.29, 1.82) is 0 Å². The molecule has 23 heavy (non-hydrogen) atoms. The van der Waals surface area contributed by atoms with E-state index in [0.717, 1.165) is 47.4 Å². The second kappa shape index (κ2) is 5.59. The molecule has 1 aliphatic heterocycles. The number of aromatic amines is 1. The van der Waals surface area contributed by atoms with Gasteiger partial charge in [0.15, 0.2) is 5.65 Å². The van der Waals surface area contributed by atoms with Crippen LogP contribution < -0.4 is 5.32 Å². The summed E-state index contributed by atoms with van der Waals surface area (Å²) in [6, 6.07) is 8.09. The Hall–Kier alpha value is -2.53. The molecule has 0 spiro atoms. The van der Waals surface area contributed by atoms with E-state index in [2.05, 4.69) is 32.6 Å². The fraction of sp³-hybridized carbons (Fsp3) is 0.278. The van der Waals surface area contributed by atoms with Gasteiger partial charge in [-0.15, -0.1) is 0 Å². The van der Waals surface area contributed by atoms with Crippen LogP contribution in [0.5, 0.6) is 0 Å². The first kappa shape index (κ1) is 14.1. The maximum atomic E-state index is 11.4. The van der Waals surface area contributed by atoms with Crippen molar-refractivity contribution in [3.05, 3.63) is 47.2 Å². The Morgan fingerprint density at radius 2 is 2.26 bits per heavy atom. The van der Waals surface area contributed by atoms with Crippen molar-refractivity contribution in [2.75, 3.05) is 6.54 Å². The largest absolute Gasteiger partial charge is 0.312 e. The van der Waals surface area contributed by atoms with Crippen molar-refractivity contribution in [3.63, 3.8) is 0 Å². The third-order valence-corrected chi connectivity index (χ3v) is 4.32. The zero-order valence-electron chi connectivity index (χ0n) is 13.0. The number of nitrogens with zero attached hydrogens (tertiary/aromatic N) is 2. The van der Waals surface area contributed by atoms with Gasteiger partial charge in [-0.05, 0) is 42.6 Å². The van der Waals surface area contributed by atoms with Crippen LogP contribution in [-0.2, 0) is 24.2 Å². The van der Waals surface area contributed by atoms with E-state index in [1.807, 2.05) is 18.3 Å². The van der Waals surface area contributed by atoms with Crippen molar-refractivity contribution in [3.8, 4) is 11.3 Å². The van der Waals surface area contributed by atoms with Gasteiger partial charge in [-0.25, -0.2) is 4.98 Å². The average Bonchev–Trinajstić information content (AvgIpc) is 2.99. The Morgan fingerprint density at radius 3 is 3.13 bits per heavy atom. The molecule has 2 aromatic heterocycles. The van der Waals surface area contributed by atoms with Crippen LogP contribution in [0.15, 0.2) is 30.5 Å². The topological polar surface area (TPSA) is 70.7 Å². The molecule has 0 atom stereocenters. The van der Waals surface area contributed by atoms with Gasteiger partial charge in [0.05, 0.1) is 11.1 Å². The Balaban J connectivity index is 1.87. The van der Waals surface area contributed by atoms with Crippen LogP contribution in [0.3, 0.4) is 0 Å². The highest BCUT2D eigenvalue weighted by atomic mass is 16.1. The molecule has 0 fully saturated rings. The molecule has 0 saturated carbocycles. The lowest BCUT2D eigenvalue weighted by Gasteiger charge is -2.17. The summed E-state index contributed by atoms with van der Waals surface area (Å²) >= 11 is 0. The first-order chi connectivity index (χ1) is 11.2. The normalized spacial score (nSPS) is 14.0. The molecule has 0 radical (unpaired) electrons. The summed E-state index contributed by atoms with van der Waals surface area (Å²) in [6.45, 7) is 3.44. The minimum atomic E-state index is 0.168. The Morgan fingerprint density at radius 1 is 1.35 bits per heavy atom. The number of nitrogens with one attached hydrogen (secondary N) is 2. The van der Waals surface area contributed by atoms with Crippen LogP contribution in [0.4, 0.5) is 0 Å². The predicted octanol–water partition coefficient (Wildman–Crippen LogP) is 2.40. The summed E-state index contributed by atoms with van der Waals surface area (Å²) in [5, 5.41) is 12.0. The van der Waals surface area contributed by atoms with Crippen LogP contribution >= 0.6 is 0 Å². The number of ketones is 1. The van der Waals surface area contributed by atoms with E-state index < -0.39 is 0 Å². The molecule has 0 bridgehead atoms. The van der Waals surface area contributed by atoms with Gasteiger partial charge in [-0.1, -0.05) is 18.2 Å². The lowest BCUT2D eigenvalue weighted by atomic mass is 9.96. The number of carbonyl (C=O) groups excluding carboxylic acids is 1. The number of Topliss-reactive ketones (excluding diaryl/α,β-unsaturated/α-hetero) is 1. The highest BCUT2D eigenvalue weighted by Crippen LogP contribution is 2.31. The van der Waals surface area contributed by atoms with E-state index >= 15 is 0 Å². The van der Waals surface area contributed by atoms with Crippen molar-refractivity contribution in [2.24, 2.45) is 0 Å². The van der Waals surface area contributed by atoms with E-state index in [-0.39, 0.29) is 5.78 Å². The maximum absolute atomic E-state index is 11.4. The molecule has 3 aromatic rings. The fourth-order valence-electron chi connectivity index (χ4n) is 3.30. The highest BCUT2D eigenvalue weighted by molar-refractivity contribution is 5.94. The average molecular weight is 306 g/mol. The van der Waals surface area contributed by atoms with Crippen molar-refractivity contribution >= 4 is 16.8 Å². The van der Waals surface area contributed by atoms with E-state index in [1.165, 1.54) is 11.1 Å². The number of fused-ring (bicyclic) bond motifs is 3. The number of rotatable bonds is 3. The molecule has 0 amide bonds. The molecule has 5 nitrogen and oxygen atoms in total. The third kappa shape index (κ3) is 2.53. The van der Waals surface area contributed by atoms with Crippen LogP contribution in [0.2, 0.25) is 0 Å². The van der Waals surface area contributed by atoms with Crippen molar-refractivity contribution in [2.45, 2.75) is 26.3 Å². The molecule has 116 valence electrons. The predicted molar refractivity (Wildman–Crippen MR) is 89.1 cm³/mol. The van der Waals surface area contributed by atoms with Gasteiger partial charge < -0.3 is 5.32 Å². The number of carbonyl (C=O) groups is 1. The molecule has 5 heteroatoms. The van der Waals surface area contributed by atoms with Gasteiger partial charge in [0.2, 0.25) is 0 Å². The van der Waals surface area contributed by atoms with Crippen molar-refractivity contribution < 1.29 is 4.79 Å². The molecule has 4 rings (SSSR count).